The number of nitrogens with one attached hydrogen (secondary N) is 1. The van der Waals surface area contributed by atoms with Gasteiger partial charge in [0.15, 0.2) is 0 Å². The van der Waals surface area contributed by atoms with E-state index in [0.717, 1.165) is 11.1 Å². The molecule has 2 aromatic carbocycles. The lowest BCUT2D eigenvalue weighted by atomic mass is 10.2. The summed E-state index contributed by atoms with van der Waals surface area (Å²) < 4.78 is 1.44. The highest BCUT2D eigenvalue weighted by Gasteiger charge is 2.13. The highest BCUT2D eigenvalue weighted by molar-refractivity contribution is 6.35. The minimum Gasteiger partial charge on any atom is -0.322 e. The van der Waals surface area contributed by atoms with Crippen LogP contribution in [0.4, 0.5) is 5.69 Å². The van der Waals surface area contributed by atoms with Crippen molar-refractivity contribution in [2.45, 2.75) is 13.5 Å². The molecule has 3 rings (SSSR count). The van der Waals surface area contributed by atoms with E-state index in [1.54, 1.807) is 42.6 Å². The van der Waals surface area contributed by atoms with E-state index >= 15 is 0 Å². The van der Waals surface area contributed by atoms with Crippen LogP contribution in [0.3, 0.4) is 0 Å². The molecular weight excluding hydrogens is 371 g/mol. The third-order valence-electron chi connectivity index (χ3n) is 3.93. The molecule has 26 heavy (non-hydrogen) atoms. The second kappa shape index (κ2) is 7.77. The Kier molecular flexibility index (Phi) is 5.45. The first-order valence-corrected chi connectivity index (χ1v) is 8.71. The van der Waals surface area contributed by atoms with Crippen LogP contribution in [0.25, 0.3) is 0 Å². The third kappa shape index (κ3) is 4.15. The number of rotatable bonds is 4. The number of nitrogens with zero attached hydrogens (tertiary/aromatic N) is 1. The van der Waals surface area contributed by atoms with E-state index in [2.05, 4.69) is 5.32 Å². The van der Waals surface area contributed by atoms with Gasteiger partial charge in [-0.3, -0.25) is 9.59 Å². The zero-order chi connectivity index (χ0) is 18.7. The van der Waals surface area contributed by atoms with Crippen LogP contribution < -0.4 is 10.9 Å². The van der Waals surface area contributed by atoms with Crippen molar-refractivity contribution in [2.24, 2.45) is 0 Å². The zero-order valence-electron chi connectivity index (χ0n) is 14.0. The van der Waals surface area contributed by atoms with Crippen molar-refractivity contribution in [3.63, 3.8) is 0 Å². The lowest BCUT2D eigenvalue weighted by molar-refractivity contribution is 0.102. The molecule has 0 aliphatic rings. The van der Waals surface area contributed by atoms with Gasteiger partial charge in [-0.1, -0.05) is 47.0 Å². The molecule has 0 radical (unpaired) electrons. The van der Waals surface area contributed by atoms with E-state index in [1.165, 1.54) is 10.6 Å². The van der Waals surface area contributed by atoms with Gasteiger partial charge < -0.3 is 9.88 Å². The summed E-state index contributed by atoms with van der Waals surface area (Å²) in [5.74, 6) is -0.449. The van der Waals surface area contributed by atoms with Crippen LogP contribution >= 0.6 is 23.2 Å². The van der Waals surface area contributed by atoms with Gasteiger partial charge in [-0.2, -0.15) is 0 Å². The van der Waals surface area contributed by atoms with Gasteiger partial charge in [-0.05, 0) is 48.9 Å². The average molecular weight is 387 g/mol. The molecule has 0 fully saturated rings. The molecule has 4 nitrogen and oxygen atoms in total. The number of benzene rings is 2. The molecule has 1 N–H and O–H groups in total. The monoisotopic (exact) mass is 386 g/mol. The van der Waals surface area contributed by atoms with Gasteiger partial charge in [-0.25, -0.2) is 0 Å². The number of halogens is 2. The van der Waals surface area contributed by atoms with Crippen LogP contribution in [0.5, 0.6) is 0 Å². The second-order valence-electron chi connectivity index (χ2n) is 5.91. The molecule has 1 aromatic heterocycles. The summed E-state index contributed by atoms with van der Waals surface area (Å²) in [4.78, 5) is 25.1. The van der Waals surface area contributed by atoms with E-state index in [0.29, 0.717) is 15.7 Å². The molecule has 0 atom stereocenters. The Morgan fingerprint density at radius 2 is 1.81 bits per heavy atom. The predicted molar refractivity (Wildman–Crippen MR) is 105 cm³/mol. The summed E-state index contributed by atoms with van der Waals surface area (Å²) in [6.45, 7) is 2.21. The molecular formula is C20H16Cl2N2O2. The number of carbonyl (C=O) groups excluding carboxylic acids is 1. The molecule has 132 valence electrons. The van der Waals surface area contributed by atoms with E-state index in [4.69, 9.17) is 23.2 Å². The minimum absolute atomic E-state index is 0.0677. The largest absolute Gasteiger partial charge is 0.322 e. The maximum atomic E-state index is 12.7. The van der Waals surface area contributed by atoms with Gasteiger partial charge in [0.25, 0.3) is 11.5 Å². The standard InChI is InChI=1S/C20H16Cl2N2O2/c1-13-4-8-16(9-5-13)23-19(25)17-3-2-10-24(20(17)26)12-14-6-7-15(21)11-18(14)22/h2-11H,12H2,1H3,(H,23,25). The lowest BCUT2D eigenvalue weighted by Crippen LogP contribution is -2.29. The summed E-state index contributed by atoms with van der Waals surface area (Å²) in [5, 5.41) is 3.74. The minimum atomic E-state index is -0.449. The van der Waals surface area contributed by atoms with Crippen LogP contribution in [0.1, 0.15) is 21.5 Å². The molecule has 6 heteroatoms. The molecule has 3 aromatic rings. The van der Waals surface area contributed by atoms with E-state index in [1.807, 2.05) is 19.1 Å². The van der Waals surface area contributed by atoms with Crippen LogP contribution in [0.15, 0.2) is 65.6 Å². The van der Waals surface area contributed by atoms with Gasteiger partial charge in [0.05, 0.1) is 6.54 Å². The summed E-state index contributed by atoms with van der Waals surface area (Å²) >= 11 is 12.1. The summed E-state index contributed by atoms with van der Waals surface area (Å²) in [7, 11) is 0. The Labute approximate surface area is 161 Å². The maximum absolute atomic E-state index is 12.7. The first-order chi connectivity index (χ1) is 12.4. The molecule has 0 aliphatic heterocycles. The van der Waals surface area contributed by atoms with Crippen molar-refractivity contribution < 1.29 is 4.79 Å². The molecule has 0 bridgehead atoms. The van der Waals surface area contributed by atoms with Crippen LogP contribution in [0.2, 0.25) is 10.0 Å². The number of amides is 1. The van der Waals surface area contributed by atoms with E-state index < -0.39 is 5.91 Å². The Morgan fingerprint density at radius 1 is 1.08 bits per heavy atom. The smallest absolute Gasteiger partial charge is 0.263 e. The summed E-state index contributed by atoms with van der Waals surface area (Å²) in [6.07, 6.45) is 1.62. The fourth-order valence-corrected chi connectivity index (χ4v) is 2.97. The Morgan fingerprint density at radius 3 is 2.50 bits per heavy atom. The normalized spacial score (nSPS) is 10.6. The number of hydrogen-bond acceptors (Lipinski definition) is 2. The number of carbonyl (C=O) groups is 1. The first kappa shape index (κ1) is 18.2. The molecule has 0 saturated heterocycles. The highest BCUT2D eigenvalue weighted by Crippen LogP contribution is 2.21. The molecule has 0 unspecified atom stereocenters. The molecule has 0 saturated carbocycles. The third-order valence-corrected chi connectivity index (χ3v) is 4.52. The number of hydrogen-bond donors (Lipinski definition) is 1. The van der Waals surface area contributed by atoms with Crippen molar-refractivity contribution in [1.29, 1.82) is 0 Å². The summed E-state index contributed by atoms with van der Waals surface area (Å²) in [6, 6.07) is 15.6. The first-order valence-electron chi connectivity index (χ1n) is 7.95. The van der Waals surface area contributed by atoms with Crippen LogP contribution in [0, 0.1) is 6.92 Å². The number of aromatic nitrogens is 1. The maximum Gasteiger partial charge on any atom is 0.263 e. The Hall–Kier alpha value is -2.56. The van der Waals surface area contributed by atoms with Crippen LogP contribution in [-0.2, 0) is 6.54 Å². The van der Waals surface area contributed by atoms with Gasteiger partial charge in [0, 0.05) is 21.9 Å². The van der Waals surface area contributed by atoms with E-state index in [-0.39, 0.29) is 17.7 Å². The number of pyridine rings is 1. The average Bonchev–Trinajstić information content (AvgIpc) is 2.61. The zero-order valence-corrected chi connectivity index (χ0v) is 15.5. The van der Waals surface area contributed by atoms with Crippen molar-refractivity contribution in [3.8, 4) is 0 Å². The van der Waals surface area contributed by atoms with E-state index in [9.17, 15) is 9.59 Å². The van der Waals surface area contributed by atoms with Gasteiger partial charge in [0.2, 0.25) is 0 Å². The Balaban J connectivity index is 1.85. The van der Waals surface area contributed by atoms with Crippen molar-refractivity contribution in [1.82, 2.24) is 4.57 Å². The fraction of sp³-hybridized carbons (Fsp3) is 0.100. The second-order valence-corrected chi connectivity index (χ2v) is 6.75. The number of aryl methyl sites for hydroxylation is 1. The molecule has 0 aliphatic carbocycles. The molecule has 1 heterocycles. The van der Waals surface area contributed by atoms with Gasteiger partial charge in [0.1, 0.15) is 5.56 Å². The highest BCUT2D eigenvalue weighted by atomic mass is 35.5. The summed E-state index contributed by atoms with van der Waals surface area (Å²) in [5.41, 5.74) is 2.15. The number of anilines is 1. The van der Waals surface area contributed by atoms with Crippen molar-refractivity contribution in [3.05, 3.63) is 97.9 Å². The van der Waals surface area contributed by atoms with Crippen LogP contribution in [-0.4, -0.2) is 10.5 Å². The lowest BCUT2D eigenvalue weighted by Gasteiger charge is -2.10. The fourth-order valence-electron chi connectivity index (χ4n) is 2.50. The predicted octanol–water partition coefficient (Wildman–Crippen LogP) is 4.76. The Bertz CT molecular complexity index is 1010. The van der Waals surface area contributed by atoms with Gasteiger partial charge >= 0.3 is 0 Å². The van der Waals surface area contributed by atoms with Crippen molar-refractivity contribution >= 4 is 34.8 Å². The molecule has 0 spiro atoms. The molecule has 1 amide bonds. The van der Waals surface area contributed by atoms with Crippen molar-refractivity contribution in [2.75, 3.05) is 5.32 Å². The van der Waals surface area contributed by atoms with Gasteiger partial charge in [-0.15, -0.1) is 0 Å². The SMILES string of the molecule is Cc1ccc(NC(=O)c2cccn(Cc3ccc(Cl)cc3Cl)c2=O)cc1. The topological polar surface area (TPSA) is 51.1 Å². The quantitative estimate of drug-likeness (QED) is 0.702.